The molecule has 0 aliphatic rings. The number of carboxylic acids is 2. The quantitative estimate of drug-likeness (QED) is 0.189. The van der Waals surface area contributed by atoms with Crippen LogP contribution in [-0.2, 0) is 38.8 Å². The maximum Gasteiger partial charge on any atom is 0.323 e. The zero-order chi connectivity index (χ0) is 27.9. The molecule has 0 fully saturated rings. The number of hydrogen-bond donors (Lipinski definition) is 3. The first-order valence-electron chi connectivity index (χ1n) is 12.0. The summed E-state index contributed by atoms with van der Waals surface area (Å²) < 4.78 is 7.02. The number of aromatic nitrogens is 2. The van der Waals surface area contributed by atoms with Gasteiger partial charge in [-0.25, -0.2) is 4.98 Å². The van der Waals surface area contributed by atoms with Crippen LogP contribution in [0, 0.1) is 12.3 Å². The van der Waals surface area contributed by atoms with Gasteiger partial charge in [0.2, 0.25) is 11.8 Å². The number of carbonyl (C=O) groups is 4. The van der Waals surface area contributed by atoms with Gasteiger partial charge in [0.15, 0.2) is 0 Å². The fourth-order valence-electron chi connectivity index (χ4n) is 3.74. The number of unbranched alkanes of at least 4 members (excludes halogenated alkanes) is 2. The molecule has 38 heavy (non-hydrogen) atoms. The molecule has 1 heterocycles. The summed E-state index contributed by atoms with van der Waals surface area (Å²) >= 11 is 0. The Morgan fingerprint density at radius 3 is 2.39 bits per heavy atom. The van der Waals surface area contributed by atoms with Gasteiger partial charge in [-0.2, -0.15) is 0 Å². The average Bonchev–Trinajstić information content (AvgIpc) is 3.28. The summed E-state index contributed by atoms with van der Waals surface area (Å²) in [5.74, 6) is 0.183. The molecule has 0 radical (unpaired) electrons. The maximum absolute atomic E-state index is 12.7. The molecule has 2 aromatic rings. The minimum Gasteiger partial charge on any atom is -0.481 e. The van der Waals surface area contributed by atoms with Gasteiger partial charge in [0, 0.05) is 25.4 Å². The lowest BCUT2D eigenvalue weighted by molar-refractivity contribution is -0.145. The van der Waals surface area contributed by atoms with Crippen LogP contribution in [0.2, 0.25) is 0 Å². The number of ether oxygens (including phenoxy) is 1. The second-order valence-corrected chi connectivity index (χ2v) is 8.63. The SMILES string of the molecule is C#CCOc1ccc(CN(CCCCCC(=O)O)Cc2nccn2CC(=O)N(CC(N)=O)CC(=O)O)cc1. The first-order valence-corrected chi connectivity index (χ1v) is 12.0. The van der Waals surface area contributed by atoms with Crippen molar-refractivity contribution in [2.75, 3.05) is 26.2 Å². The summed E-state index contributed by atoms with van der Waals surface area (Å²) in [6.45, 7) is 0.415. The van der Waals surface area contributed by atoms with Crippen molar-refractivity contribution in [3.63, 3.8) is 0 Å². The molecule has 4 N–H and O–H groups in total. The lowest BCUT2D eigenvalue weighted by Gasteiger charge is -2.24. The number of carboxylic acid groups (broad SMARTS) is 2. The Kier molecular flexibility index (Phi) is 12.3. The van der Waals surface area contributed by atoms with Crippen LogP contribution in [-0.4, -0.2) is 79.6 Å². The van der Waals surface area contributed by atoms with Crippen molar-refractivity contribution in [3.8, 4) is 18.1 Å². The summed E-state index contributed by atoms with van der Waals surface area (Å²) in [5, 5.41) is 17.9. The first kappa shape index (κ1) is 29.9. The molecular formula is C26H33N5O7. The smallest absolute Gasteiger partial charge is 0.323 e. The van der Waals surface area contributed by atoms with E-state index in [0.717, 1.165) is 23.3 Å². The Labute approximate surface area is 221 Å². The second-order valence-electron chi connectivity index (χ2n) is 8.63. The van der Waals surface area contributed by atoms with E-state index in [9.17, 15) is 19.2 Å². The monoisotopic (exact) mass is 527 g/mol. The van der Waals surface area contributed by atoms with E-state index < -0.39 is 36.8 Å². The Hall–Kier alpha value is -4.37. The van der Waals surface area contributed by atoms with Gasteiger partial charge in [0.05, 0.1) is 13.1 Å². The molecule has 0 bridgehead atoms. The van der Waals surface area contributed by atoms with Crippen LogP contribution in [0.4, 0.5) is 0 Å². The van der Waals surface area contributed by atoms with Gasteiger partial charge in [-0.1, -0.05) is 24.5 Å². The van der Waals surface area contributed by atoms with Crippen LogP contribution in [0.1, 0.15) is 37.1 Å². The van der Waals surface area contributed by atoms with E-state index in [1.165, 1.54) is 0 Å². The number of rotatable bonds is 18. The Balaban J connectivity index is 2.11. The zero-order valence-electron chi connectivity index (χ0n) is 21.1. The molecule has 0 unspecified atom stereocenters. The predicted octanol–water partition coefficient (Wildman–Crippen LogP) is 0.941. The average molecular weight is 528 g/mol. The number of carbonyl (C=O) groups excluding carboxylic acids is 2. The first-order chi connectivity index (χ1) is 18.2. The highest BCUT2D eigenvalue weighted by atomic mass is 16.5. The summed E-state index contributed by atoms with van der Waals surface area (Å²) in [5.41, 5.74) is 6.17. The Morgan fingerprint density at radius 1 is 1.03 bits per heavy atom. The van der Waals surface area contributed by atoms with Crippen LogP contribution in [0.5, 0.6) is 5.75 Å². The van der Waals surface area contributed by atoms with Gasteiger partial charge >= 0.3 is 11.9 Å². The second kappa shape index (κ2) is 15.7. The van der Waals surface area contributed by atoms with Crippen molar-refractivity contribution in [1.82, 2.24) is 19.4 Å². The molecule has 0 spiro atoms. The van der Waals surface area contributed by atoms with E-state index >= 15 is 0 Å². The number of nitrogens with two attached hydrogens (primary N) is 1. The normalized spacial score (nSPS) is 10.6. The molecule has 2 rings (SSSR count). The Morgan fingerprint density at radius 2 is 1.76 bits per heavy atom. The highest BCUT2D eigenvalue weighted by molar-refractivity contribution is 5.86. The van der Waals surface area contributed by atoms with Gasteiger partial charge in [-0.05, 0) is 37.1 Å². The number of benzene rings is 1. The summed E-state index contributed by atoms with van der Waals surface area (Å²) in [4.78, 5) is 53.3. The van der Waals surface area contributed by atoms with Crippen molar-refractivity contribution >= 4 is 23.8 Å². The van der Waals surface area contributed by atoms with Crippen molar-refractivity contribution in [1.29, 1.82) is 0 Å². The summed E-state index contributed by atoms with van der Waals surface area (Å²) in [7, 11) is 0. The van der Waals surface area contributed by atoms with Crippen LogP contribution in [0.15, 0.2) is 36.7 Å². The number of primary amides is 1. The topological polar surface area (TPSA) is 168 Å². The molecule has 204 valence electrons. The van der Waals surface area contributed by atoms with E-state index in [1.54, 1.807) is 17.0 Å². The Bertz CT molecular complexity index is 1110. The van der Waals surface area contributed by atoms with Gasteiger partial charge in [-0.3, -0.25) is 24.1 Å². The van der Waals surface area contributed by atoms with Crippen molar-refractivity contribution in [2.45, 2.75) is 45.3 Å². The standard InChI is InChI=1S/C26H33N5O7/c1-2-14-38-21-9-7-20(8-10-21)15-29(12-5-3-4-6-25(34)35)17-23-28-11-13-30(23)18-24(33)31(16-22(27)32)19-26(36)37/h1,7-11,13H,3-6,12,14-19H2,(H2,27,32)(H,34,35)(H,36,37). The molecule has 12 heteroatoms. The van der Waals surface area contributed by atoms with Crippen LogP contribution in [0.3, 0.4) is 0 Å². The molecule has 0 aliphatic carbocycles. The minimum absolute atomic E-state index is 0.115. The molecule has 0 saturated heterocycles. The third-order valence-corrected chi connectivity index (χ3v) is 5.51. The molecule has 0 atom stereocenters. The van der Waals surface area contributed by atoms with E-state index in [2.05, 4.69) is 15.8 Å². The number of imidazole rings is 1. The molecule has 0 aliphatic heterocycles. The summed E-state index contributed by atoms with van der Waals surface area (Å²) in [6.07, 6.45) is 10.6. The molecular weight excluding hydrogens is 494 g/mol. The molecule has 1 aromatic heterocycles. The lowest BCUT2D eigenvalue weighted by atomic mass is 10.1. The van der Waals surface area contributed by atoms with E-state index in [0.29, 0.717) is 37.6 Å². The fourth-order valence-corrected chi connectivity index (χ4v) is 3.74. The molecule has 12 nitrogen and oxygen atoms in total. The number of amides is 2. The van der Waals surface area contributed by atoms with Crippen LogP contribution < -0.4 is 10.5 Å². The minimum atomic E-state index is -1.25. The van der Waals surface area contributed by atoms with Gasteiger partial charge in [0.25, 0.3) is 0 Å². The maximum atomic E-state index is 12.7. The van der Waals surface area contributed by atoms with Crippen molar-refractivity contribution in [3.05, 3.63) is 48.0 Å². The van der Waals surface area contributed by atoms with Crippen LogP contribution in [0.25, 0.3) is 0 Å². The number of nitrogens with zero attached hydrogens (tertiary/aromatic N) is 4. The van der Waals surface area contributed by atoms with E-state index in [1.807, 2.05) is 24.3 Å². The van der Waals surface area contributed by atoms with E-state index in [4.69, 9.17) is 27.1 Å². The third-order valence-electron chi connectivity index (χ3n) is 5.51. The molecule has 1 aromatic carbocycles. The number of terminal acetylenes is 1. The van der Waals surface area contributed by atoms with Gasteiger partial charge in [-0.15, -0.1) is 6.42 Å². The summed E-state index contributed by atoms with van der Waals surface area (Å²) in [6, 6.07) is 7.50. The molecule has 2 amide bonds. The zero-order valence-corrected chi connectivity index (χ0v) is 21.1. The number of hydrogen-bond acceptors (Lipinski definition) is 7. The highest BCUT2D eigenvalue weighted by Gasteiger charge is 2.21. The van der Waals surface area contributed by atoms with Crippen molar-refractivity contribution in [2.24, 2.45) is 5.73 Å². The largest absolute Gasteiger partial charge is 0.481 e. The fraction of sp³-hybridized carbons (Fsp3) is 0.423. The highest BCUT2D eigenvalue weighted by Crippen LogP contribution is 2.16. The van der Waals surface area contributed by atoms with Gasteiger partial charge < -0.3 is 30.2 Å². The molecule has 0 saturated carbocycles. The van der Waals surface area contributed by atoms with E-state index in [-0.39, 0.29) is 19.6 Å². The third kappa shape index (κ3) is 11.1. The predicted molar refractivity (Wildman–Crippen MR) is 137 cm³/mol. The lowest BCUT2D eigenvalue weighted by Crippen LogP contribution is -2.43. The van der Waals surface area contributed by atoms with Crippen molar-refractivity contribution < 1.29 is 34.1 Å². The number of aliphatic carboxylic acids is 2. The van der Waals surface area contributed by atoms with Crippen LogP contribution >= 0.6 is 0 Å². The van der Waals surface area contributed by atoms with Gasteiger partial charge in [0.1, 0.15) is 31.3 Å².